The van der Waals surface area contributed by atoms with Crippen LogP contribution in [-0.4, -0.2) is 15.7 Å². The molecule has 5 nitrogen and oxygen atoms in total. The van der Waals surface area contributed by atoms with Crippen molar-refractivity contribution in [1.82, 2.24) is 9.78 Å². The topological polar surface area (TPSA) is 72.9 Å². The van der Waals surface area contributed by atoms with Crippen LogP contribution in [0.15, 0.2) is 30.6 Å². The van der Waals surface area contributed by atoms with Crippen molar-refractivity contribution in [2.45, 2.75) is 13.5 Å². The van der Waals surface area contributed by atoms with Crippen LogP contribution in [0.3, 0.4) is 0 Å². The first-order valence-electron chi connectivity index (χ1n) is 5.38. The van der Waals surface area contributed by atoms with Crippen molar-refractivity contribution < 1.29 is 9.18 Å². The molecule has 0 saturated carbocycles. The summed E-state index contributed by atoms with van der Waals surface area (Å²) in [7, 11) is 0. The highest BCUT2D eigenvalue weighted by Gasteiger charge is 2.07. The molecule has 1 heterocycles. The number of hydrogen-bond donors (Lipinski definition) is 2. The smallest absolute Gasteiger partial charge is 0.246 e. The lowest BCUT2D eigenvalue weighted by molar-refractivity contribution is -0.116. The fraction of sp³-hybridized carbons (Fsp3) is 0.167. The Bertz CT molecular complexity index is 579. The molecule has 0 aliphatic carbocycles. The quantitative estimate of drug-likeness (QED) is 0.865. The molecule has 0 radical (unpaired) electrons. The summed E-state index contributed by atoms with van der Waals surface area (Å²) < 4.78 is 14.3. The van der Waals surface area contributed by atoms with Gasteiger partial charge in [0, 0.05) is 11.9 Å². The predicted molar refractivity (Wildman–Crippen MR) is 66.4 cm³/mol. The second-order valence-corrected chi connectivity index (χ2v) is 3.98. The van der Waals surface area contributed by atoms with Crippen molar-refractivity contribution in [3.63, 3.8) is 0 Å². The van der Waals surface area contributed by atoms with Gasteiger partial charge in [-0.25, -0.2) is 4.39 Å². The Kier molecular flexibility index (Phi) is 3.27. The van der Waals surface area contributed by atoms with Gasteiger partial charge in [-0.2, -0.15) is 5.10 Å². The van der Waals surface area contributed by atoms with Gasteiger partial charge in [0.25, 0.3) is 0 Å². The number of halogens is 1. The van der Waals surface area contributed by atoms with Gasteiger partial charge in [-0.1, -0.05) is 0 Å². The molecule has 0 aliphatic heterocycles. The molecule has 94 valence electrons. The fourth-order valence-electron chi connectivity index (χ4n) is 1.57. The van der Waals surface area contributed by atoms with E-state index in [2.05, 4.69) is 10.4 Å². The number of hydrogen-bond acceptors (Lipinski definition) is 3. The molecule has 0 bridgehead atoms. The number of amides is 1. The number of aromatic nitrogens is 2. The summed E-state index contributed by atoms with van der Waals surface area (Å²) in [5.74, 6) is -0.571. The highest BCUT2D eigenvalue weighted by atomic mass is 19.1. The van der Waals surface area contributed by atoms with Gasteiger partial charge in [-0.05, 0) is 30.7 Å². The summed E-state index contributed by atoms with van der Waals surface area (Å²) in [6, 6.07) is 4.19. The molecule has 0 spiro atoms. The molecule has 18 heavy (non-hydrogen) atoms. The molecule has 2 rings (SSSR count). The molecule has 1 amide bonds. The lowest BCUT2D eigenvalue weighted by Crippen LogP contribution is -2.19. The van der Waals surface area contributed by atoms with Crippen LogP contribution in [0.25, 0.3) is 0 Å². The van der Waals surface area contributed by atoms with Gasteiger partial charge in [0.2, 0.25) is 5.91 Å². The van der Waals surface area contributed by atoms with E-state index in [-0.39, 0.29) is 18.3 Å². The highest BCUT2D eigenvalue weighted by molar-refractivity contribution is 5.91. The minimum Gasteiger partial charge on any atom is -0.396 e. The molecule has 0 aliphatic rings. The van der Waals surface area contributed by atoms with E-state index < -0.39 is 0 Å². The van der Waals surface area contributed by atoms with E-state index in [1.165, 1.54) is 29.1 Å². The number of aryl methyl sites for hydroxylation is 1. The van der Waals surface area contributed by atoms with Crippen molar-refractivity contribution in [3.05, 3.63) is 42.0 Å². The lowest BCUT2D eigenvalue weighted by Gasteiger charge is -2.08. The molecular weight excluding hydrogens is 235 g/mol. The number of carbonyl (C=O) groups excluding carboxylic acids is 1. The average molecular weight is 248 g/mol. The van der Waals surface area contributed by atoms with E-state index >= 15 is 0 Å². The van der Waals surface area contributed by atoms with Gasteiger partial charge in [-0.15, -0.1) is 0 Å². The number of carbonyl (C=O) groups is 1. The normalized spacial score (nSPS) is 10.3. The Hall–Kier alpha value is -2.37. The molecule has 6 heteroatoms. The maximum absolute atomic E-state index is 12.9. The number of nitrogen functional groups attached to an aromatic ring is 1. The molecule has 0 unspecified atom stereocenters. The number of anilines is 2. The van der Waals surface area contributed by atoms with Crippen LogP contribution in [0.5, 0.6) is 0 Å². The standard InChI is InChI=1S/C12H13FN4O/c1-8-4-9(13)2-3-11(8)16-12(18)7-17-6-10(14)5-15-17/h2-6H,7,14H2,1H3,(H,16,18). The predicted octanol–water partition coefficient (Wildman–Crippen LogP) is 1.55. The third-order valence-corrected chi connectivity index (χ3v) is 2.42. The maximum atomic E-state index is 12.9. The van der Waals surface area contributed by atoms with Crippen molar-refractivity contribution in [2.24, 2.45) is 0 Å². The van der Waals surface area contributed by atoms with E-state index in [0.717, 1.165) is 0 Å². The van der Waals surface area contributed by atoms with E-state index in [1.54, 1.807) is 13.1 Å². The largest absolute Gasteiger partial charge is 0.396 e. The van der Waals surface area contributed by atoms with Gasteiger partial charge in [0.15, 0.2) is 0 Å². The Morgan fingerprint density at radius 2 is 2.33 bits per heavy atom. The van der Waals surface area contributed by atoms with E-state index in [9.17, 15) is 9.18 Å². The summed E-state index contributed by atoms with van der Waals surface area (Å²) >= 11 is 0. The van der Waals surface area contributed by atoms with Gasteiger partial charge in [0.05, 0.1) is 11.9 Å². The Morgan fingerprint density at radius 1 is 1.56 bits per heavy atom. The summed E-state index contributed by atoms with van der Waals surface area (Å²) in [5.41, 5.74) is 7.25. The van der Waals surface area contributed by atoms with Crippen LogP contribution in [0.1, 0.15) is 5.56 Å². The van der Waals surface area contributed by atoms with E-state index in [1.807, 2.05) is 0 Å². The number of nitrogens with two attached hydrogens (primary N) is 1. The fourth-order valence-corrected chi connectivity index (χ4v) is 1.57. The monoisotopic (exact) mass is 248 g/mol. The molecule has 0 fully saturated rings. The zero-order valence-corrected chi connectivity index (χ0v) is 9.85. The highest BCUT2D eigenvalue weighted by Crippen LogP contribution is 2.15. The first-order valence-corrected chi connectivity index (χ1v) is 5.38. The molecule has 3 N–H and O–H groups in total. The summed E-state index contributed by atoms with van der Waals surface area (Å²) in [4.78, 5) is 11.7. The van der Waals surface area contributed by atoms with Gasteiger partial charge in [-0.3, -0.25) is 9.48 Å². The number of benzene rings is 1. The molecule has 0 saturated heterocycles. The van der Waals surface area contributed by atoms with Crippen molar-refractivity contribution >= 4 is 17.3 Å². The van der Waals surface area contributed by atoms with E-state index in [4.69, 9.17) is 5.73 Å². The summed E-state index contributed by atoms with van der Waals surface area (Å²) in [5, 5.41) is 6.59. The second kappa shape index (κ2) is 4.87. The summed E-state index contributed by atoms with van der Waals surface area (Å²) in [6.45, 7) is 1.79. The molecule has 1 aromatic heterocycles. The Morgan fingerprint density at radius 3 is 2.94 bits per heavy atom. The van der Waals surface area contributed by atoms with Crippen LogP contribution < -0.4 is 11.1 Å². The third-order valence-electron chi connectivity index (χ3n) is 2.42. The van der Waals surface area contributed by atoms with Crippen molar-refractivity contribution in [3.8, 4) is 0 Å². The second-order valence-electron chi connectivity index (χ2n) is 3.98. The Labute approximate surface area is 103 Å². The first-order chi connectivity index (χ1) is 8.54. The Balaban J connectivity index is 2.03. The average Bonchev–Trinajstić information content (AvgIpc) is 2.68. The van der Waals surface area contributed by atoms with E-state index in [0.29, 0.717) is 16.9 Å². The SMILES string of the molecule is Cc1cc(F)ccc1NC(=O)Cn1cc(N)cn1. The molecular formula is C12H13FN4O. The van der Waals surface area contributed by atoms with Crippen molar-refractivity contribution in [1.29, 1.82) is 0 Å². The number of rotatable bonds is 3. The van der Waals surface area contributed by atoms with Gasteiger partial charge in [0.1, 0.15) is 12.4 Å². The van der Waals surface area contributed by atoms with Crippen LogP contribution >= 0.6 is 0 Å². The van der Waals surface area contributed by atoms with Crippen LogP contribution in [0.4, 0.5) is 15.8 Å². The lowest BCUT2D eigenvalue weighted by atomic mass is 10.2. The third kappa shape index (κ3) is 2.85. The van der Waals surface area contributed by atoms with Crippen LogP contribution in [0, 0.1) is 12.7 Å². The van der Waals surface area contributed by atoms with Gasteiger partial charge < -0.3 is 11.1 Å². The minimum absolute atomic E-state index is 0.0635. The minimum atomic E-state index is -0.328. The van der Waals surface area contributed by atoms with Crippen LogP contribution in [0.2, 0.25) is 0 Å². The van der Waals surface area contributed by atoms with Crippen molar-refractivity contribution in [2.75, 3.05) is 11.1 Å². The molecule has 2 aromatic rings. The van der Waals surface area contributed by atoms with Gasteiger partial charge >= 0.3 is 0 Å². The number of nitrogens with one attached hydrogen (secondary N) is 1. The zero-order chi connectivity index (χ0) is 13.1. The zero-order valence-electron chi connectivity index (χ0n) is 9.85. The first kappa shape index (κ1) is 12.1. The summed E-state index contributed by atoms with van der Waals surface area (Å²) in [6.07, 6.45) is 3.04. The molecule has 0 atom stereocenters. The molecule has 1 aromatic carbocycles. The number of nitrogens with zero attached hydrogens (tertiary/aromatic N) is 2. The van der Waals surface area contributed by atoms with Crippen LogP contribution in [-0.2, 0) is 11.3 Å². The maximum Gasteiger partial charge on any atom is 0.246 e.